The van der Waals surface area contributed by atoms with Crippen LogP contribution in [0.25, 0.3) is 11.2 Å². The summed E-state index contributed by atoms with van der Waals surface area (Å²) in [7, 11) is 0. The Bertz CT molecular complexity index is 1810. The lowest BCUT2D eigenvalue weighted by Gasteiger charge is -2.26. The summed E-state index contributed by atoms with van der Waals surface area (Å²) in [4.78, 5) is 100. The number of amides is 7. The Labute approximate surface area is 338 Å². The smallest absolute Gasteiger partial charge is 0.243 e. The van der Waals surface area contributed by atoms with Crippen LogP contribution in [-0.4, -0.2) is 164 Å². The van der Waals surface area contributed by atoms with E-state index in [9.17, 15) is 59.4 Å². The average Bonchev–Trinajstić information content (AvgIpc) is 3.73. The van der Waals surface area contributed by atoms with E-state index in [0.717, 1.165) is 20.8 Å². The molecule has 2 heterocycles. The number of hydrogen-bond acceptors (Lipinski definition) is 17. The van der Waals surface area contributed by atoms with Gasteiger partial charge in [-0.15, -0.1) is 0 Å². The number of fused-ring (bicyclic) bond motifs is 1. The van der Waals surface area contributed by atoms with Gasteiger partial charge in [0.15, 0.2) is 11.5 Å². The van der Waals surface area contributed by atoms with Gasteiger partial charge in [0.25, 0.3) is 0 Å². The van der Waals surface area contributed by atoms with Crippen molar-refractivity contribution in [2.24, 2.45) is 5.73 Å². The van der Waals surface area contributed by atoms with E-state index in [1.54, 1.807) is 0 Å². The number of nitrogen functional groups attached to an aromatic ring is 1. The first-order valence-corrected chi connectivity index (χ1v) is 18.9. The second-order valence-corrected chi connectivity index (χ2v) is 14.3. The fourth-order valence-corrected chi connectivity index (χ4v) is 6.27. The zero-order chi connectivity index (χ0) is 44.1. The van der Waals surface area contributed by atoms with Crippen molar-refractivity contribution in [3.05, 3.63) is 12.7 Å². The predicted molar refractivity (Wildman–Crippen MR) is 202 cm³/mol. The van der Waals surface area contributed by atoms with Crippen molar-refractivity contribution < 1.29 is 59.4 Å². The van der Waals surface area contributed by atoms with Crippen molar-refractivity contribution in [1.82, 2.24) is 56.0 Å². The van der Waals surface area contributed by atoms with Gasteiger partial charge in [-0.2, -0.15) is 0 Å². The number of nitrogens with two attached hydrogens (primary N) is 2. The van der Waals surface area contributed by atoms with Crippen LogP contribution in [0.3, 0.4) is 0 Å². The van der Waals surface area contributed by atoms with Crippen molar-refractivity contribution in [2.75, 3.05) is 25.4 Å². The molecule has 59 heavy (non-hydrogen) atoms. The molecule has 2 aromatic heterocycles. The number of nitrogens with one attached hydrogen (secondary N) is 4. The molecule has 1 aliphatic carbocycles. The molecule has 13 N–H and O–H groups in total. The highest BCUT2D eigenvalue weighted by Gasteiger charge is 2.44. The first kappa shape index (κ1) is 47.8. The first-order chi connectivity index (χ1) is 27.7. The fraction of sp³-hybridized carbons (Fsp3) is 0.647. The zero-order valence-electron chi connectivity index (χ0n) is 33.2. The molecule has 0 spiro atoms. The van der Waals surface area contributed by atoms with E-state index in [-0.39, 0.29) is 75.9 Å². The number of aliphatic hydroxyl groups excluding tert-OH is 2. The molecule has 1 fully saturated rings. The largest absolute Gasteiger partial charge is 0.388 e. The van der Waals surface area contributed by atoms with Crippen LogP contribution in [-0.2, 0) is 33.6 Å². The quantitative estimate of drug-likeness (QED) is 0.0428. The van der Waals surface area contributed by atoms with E-state index in [0.29, 0.717) is 20.8 Å². The van der Waals surface area contributed by atoms with Gasteiger partial charge in [-0.05, 0) is 51.9 Å². The Hall–Kier alpha value is -5.60. The Kier molecular flexibility index (Phi) is 17.8. The van der Waals surface area contributed by atoms with Crippen molar-refractivity contribution in [2.45, 2.75) is 121 Å². The lowest BCUT2D eigenvalue weighted by Crippen LogP contribution is -2.58. The normalized spacial score (nSPS) is 19.5. The molecule has 25 nitrogen and oxygen atoms in total. The molecule has 0 saturated heterocycles. The maximum atomic E-state index is 13.7. The molecule has 0 aromatic carbocycles. The van der Waals surface area contributed by atoms with Gasteiger partial charge in [-0.25, -0.2) is 30.1 Å². The second kappa shape index (κ2) is 22.0. The molecular weight excluding hydrogens is 782 g/mol. The summed E-state index contributed by atoms with van der Waals surface area (Å²) < 4.78 is 1.51. The standard InChI is InChI=1S/C34H55N13O12/c1-17(31(53)43-24-14-25(28(52)27(24)51)44-16-39-26-29(36)37-15-38-30(26)44)40-33(55)22(9-6-12-46(58)19(3)49)42-34(56)23(10-7-13-47(59)20(4)50)41-32(54)21(35)8-5-11-45(57)18(2)48/h15-17,21-25,27-28,51-52,57-59H,5-14,35H2,1-4H3,(H,40,55)(H,41,54)(H,42,56)(H,43,53)(H2,36,37,38)/t17-,21-,22-,23-,24-,25+,27+,28-/m0/s1. The van der Waals surface area contributed by atoms with Gasteiger partial charge in [0.2, 0.25) is 41.4 Å². The summed E-state index contributed by atoms with van der Waals surface area (Å²) in [6.07, 6.45) is -0.394. The number of hydroxylamine groups is 6. The minimum Gasteiger partial charge on any atom is -0.388 e. The minimum absolute atomic E-state index is 0.0000771. The molecule has 0 aliphatic heterocycles. The van der Waals surface area contributed by atoms with E-state index >= 15 is 0 Å². The molecular formula is C34H55N13O12. The van der Waals surface area contributed by atoms with Crippen molar-refractivity contribution >= 4 is 58.3 Å². The molecule has 3 rings (SSSR count). The minimum atomic E-state index is -1.43. The van der Waals surface area contributed by atoms with E-state index in [4.69, 9.17) is 11.5 Å². The Morgan fingerprint density at radius 3 is 1.76 bits per heavy atom. The van der Waals surface area contributed by atoms with Crippen LogP contribution in [0.15, 0.2) is 12.7 Å². The number of hydrogen-bond donors (Lipinski definition) is 11. The summed E-state index contributed by atoms with van der Waals surface area (Å²) in [5.74, 6) is -5.19. The van der Waals surface area contributed by atoms with Gasteiger partial charge in [0.1, 0.15) is 42.2 Å². The highest BCUT2D eigenvalue weighted by molar-refractivity contribution is 5.94. The maximum Gasteiger partial charge on any atom is 0.243 e. The van der Waals surface area contributed by atoms with Crippen LogP contribution in [0, 0.1) is 0 Å². The number of carbonyl (C=O) groups is 7. The summed E-state index contributed by atoms with van der Waals surface area (Å²) >= 11 is 0. The monoisotopic (exact) mass is 837 g/mol. The zero-order valence-corrected chi connectivity index (χ0v) is 33.2. The van der Waals surface area contributed by atoms with Gasteiger partial charge >= 0.3 is 0 Å². The highest BCUT2D eigenvalue weighted by Crippen LogP contribution is 2.33. The molecule has 2 aromatic rings. The second-order valence-electron chi connectivity index (χ2n) is 14.3. The number of anilines is 1. The predicted octanol–water partition coefficient (Wildman–Crippen LogP) is -3.58. The molecule has 0 radical (unpaired) electrons. The molecule has 328 valence electrons. The molecule has 0 bridgehead atoms. The van der Waals surface area contributed by atoms with Crippen LogP contribution >= 0.6 is 0 Å². The third-order valence-electron chi connectivity index (χ3n) is 9.78. The fourth-order valence-electron chi connectivity index (χ4n) is 6.27. The molecule has 25 heteroatoms. The Balaban J connectivity index is 1.73. The van der Waals surface area contributed by atoms with Crippen molar-refractivity contribution in [1.29, 1.82) is 0 Å². The number of carbonyl (C=O) groups excluding carboxylic acids is 7. The number of rotatable bonds is 21. The van der Waals surface area contributed by atoms with Crippen molar-refractivity contribution in [3.8, 4) is 0 Å². The first-order valence-electron chi connectivity index (χ1n) is 18.9. The van der Waals surface area contributed by atoms with Gasteiger partial charge < -0.3 is 47.5 Å². The number of imidazole rings is 1. The van der Waals surface area contributed by atoms with Gasteiger partial charge in [-0.3, -0.25) is 49.2 Å². The molecule has 1 aliphatic rings. The Morgan fingerprint density at radius 2 is 1.24 bits per heavy atom. The Morgan fingerprint density at radius 1 is 0.746 bits per heavy atom. The van der Waals surface area contributed by atoms with Crippen LogP contribution in [0.4, 0.5) is 5.82 Å². The van der Waals surface area contributed by atoms with Crippen molar-refractivity contribution in [3.63, 3.8) is 0 Å². The summed E-state index contributed by atoms with van der Waals surface area (Å²) in [6.45, 7) is 4.13. The topological polar surface area (TPSA) is 374 Å². The van der Waals surface area contributed by atoms with Gasteiger partial charge in [0, 0.05) is 40.4 Å². The molecule has 0 unspecified atom stereocenters. The van der Waals surface area contributed by atoms with E-state index in [1.807, 2.05) is 0 Å². The van der Waals surface area contributed by atoms with Crippen LogP contribution in [0.1, 0.15) is 78.7 Å². The third-order valence-corrected chi connectivity index (χ3v) is 9.78. The van der Waals surface area contributed by atoms with E-state index in [1.165, 1.54) is 24.1 Å². The number of aromatic nitrogens is 4. The highest BCUT2D eigenvalue weighted by atomic mass is 16.5. The summed E-state index contributed by atoms with van der Waals surface area (Å²) in [5, 5.41) is 62.4. The summed E-state index contributed by atoms with van der Waals surface area (Å²) in [6, 6.07) is -7.01. The van der Waals surface area contributed by atoms with Gasteiger partial charge in [-0.1, -0.05) is 0 Å². The molecule has 1 saturated carbocycles. The molecule has 7 amide bonds. The van der Waals surface area contributed by atoms with E-state index in [2.05, 4.69) is 36.2 Å². The van der Waals surface area contributed by atoms with Crippen LogP contribution in [0.2, 0.25) is 0 Å². The number of aliphatic hydroxyl groups is 2. The number of nitrogens with zero attached hydrogens (tertiary/aromatic N) is 7. The lowest BCUT2D eigenvalue weighted by atomic mass is 10.1. The lowest BCUT2D eigenvalue weighted by molar-refractivity contribution is -0.163. The van der Waals surface area contributed by atoms with Gasteiger partial charge in [0.05, 0.1) is 24.5 Å². The van der Waals surface area contributed by atoms with Crippen LogP contribution in [0.5, 0.6) is 0 Å². The summed E-state index contributed by atoms with van der Waals surface area (Å²) in [5.41, 5.74) is 12.5. The maximum absolute atomic E-state index is 13.7. The average molecular weight is 838 g/mol. The van der Waals surface area contributed by atoms with E-state index < -0.39 is 89.8 Å². The van der Waals surface area contributed by atoms with Crippen LogP contribution < -0.4 is 32.7 Å². The molecule has 8 atom stereocenters. The SMILES string of the molecule is CC(=O)N(O)CCC[C@H](NC(=O)[C@H](CCCN(O)C(C)=O)NC(=O)[C@@H](N)CCCN(O)C(C)=O)C(=O)N[C@@H](C)C(=O)N[C@H]1C[C@@H](n2cnc3c(N)ncnc32)[C@H](O)[C@@H]1O. The third kappa shape index (κ3) is 13.5.